The molecular formula is C43H40O3S. The fraction of sp³-hybridized carbons (Fsp3) is 0.163. The third kappa shape index (κ3) is 7.90. The molecule has 6 aromatic rings. The Morgan fingerprint density at radius 2 is 0.723 bits per heavy atom. The largest absolute Gasteiger partial charge is 0.508 e. The van der Waals surface area contributed by atoms with Gasteiger partial charge in [0, 0.05) is 15.2 Å². The molecule has 0 unspecified atom stereocenters. The highest BCUT2D eigenvalue weighted by atomic mass is 32.2. The summed E-state index contributed by atoms with van der Waals surface area (Å²) in [6.45, 7) is 11.4. The molecule has 47 heavy (non-hydrogen) atoms. The van der Waals surface area contributed by atoms with E-state index >= 15 is 0 Å². The third-order valence-corrected chi connectivity index (χ3v) is 9.47. The van der Waals surface area contributed by atoms with Gasteiger partial charge in [0.2, 0.25) is 0 Å². The molecule has 0 aliphatic heterocycles. The van der Waals surface area contributed by atoms with Gasteiger partial charge in [0.25, 0.3) is 0 Å². The molecular weight excluding hydrogens is 597 g/mol. The summed E-state index contributed by atoms with van der Waals surface area (Å²) in [6, 6.07) is 49.1. The highest BCUT2D eigenvalue weighted by Crippen LogP contribution is 2.36. The van der Waals surface area contributed by atoms with Gasteiger partial charge < -0.3 is 14.6 Å². The molecule has 0 fully saturated rings. The van der Waals surface area contributed by atoms with Crippen LogP contribution in [0.2, 0.25) is 0 Å². The number of benzene rings is 6. The Bertz CT molecular complexity index is 1900. The van der Waals surface area contributed by atoms with E-state index in [9.17, 15) is 5.11 Å². The van der Waals surface area contributed by atoms with Gasteiger partial charge in [0.15, 0.2) is 0 Å². The fourth-order valence-corrected chi connectivity index (χ4v) is 6.24. The molecule has 0 aliphatic rings. The van der Waals surface area contributed by atoms with Crippen molar-refractivity contribution in [3.05, 3.63) is 162 Å². The Morgan fingerprint density at radius 3 is 1.15 bits per heavy atom. The van der Waals surface area contributed by atoms with E-state index in [1.807, 2.05) is 36.4 Å². The van der Waals surface area contributed by atoms with Crippen LogP contribution in [0.3, 0.4) is 0 Å². The zero-order valence-electron chi connectivity index (χ0n) is 27.5. The zero-order chi connectivity index (χ0) is 33.0. The summed E-state index contributed by atoms with van der Waals surface area (Å²) in [5.74, 6) is 3.06. The van der Waals surface area contributed by atoms with E-state index in [1.165, 1.54) is 32.7 Å². The number of ether oxygens (including phenoxy) is 2. The number of aromatic hydroxyl groups is 1. The second-order valence-corrected chi connectivity index (χ2v) is 14.4. The van der Waals surface area contributed by atoms with Gasteiger partial charge in [-0.05, 0) is 118 Å². The van der Waals surface area contributed by atoms with Crippen molar-refractivity contribution in [3.63, 3.8) is 0 Å². The average Bonchev–Trinajstić information content (AvgIpc) is 3.08. The van der Waals surface area contributed by atoms with Crippen molar-refractivity contribution in [2.75, 3.05) is 0 Å². The van der Waals surface area contributed by atoms with Crippen LogP contribution in [-0.2, 0) is 10.8 Å². The van der Waals surface area contributed by atoms with Crippen molar-refractivity contribution in [1.29, 1.82) is 0 Å². The molecule has 0 amide bonds. The van der Waals surface area contributed by atoms with Gasteiger partial charge >= 0.3 is 0 Å². The molecule has 0 bridgehead atoms. The summed E-state index contributed by atoms with van der Waals surface area (Å²) in [7, 11) is 0. The second-order valence-electron chi connectivity index (χ2n) is 13.3. The zero-order valence-corrected chi connectivity index (χ0v) is 28.3. The molecule has 6 rings (SSSR count). The van der Waals surface area contributed by atoms with Crippen molar-refractivity contribution in [1.82, 2.24) is 0 Å². The summed E-state index contributed by atoms with van der Waals surface area (Å²) in [4.78, 5) is 2.33. The lowest BCUT2D eigenvalue weighted by Gasteiger charge is -2.28. The quantitative estimate of drug-likeness (QED) is 0.171. The number of rotatable bonds is 9. The molecule has 6 aromatic carbocycles. The molecule has 0 saturated heterocycles. The van der Waals surface area contributed by atoms with Crippen molar-refractivity contribution < 1.29 is 14.6 Å². The van der Waals surface area contributed by atoms with Crippen LogP contribution in [0.1, 0.15) is 51.3 Å². The first-order valence-corrected chi connectivity index (χ1v) is 16.7. The van der Waals surface area contributed by atoms with Crippen LogP contribution in [0.5, 0.6) is 28.7 Å². The molecule has 4 heteroatoms. The third-order valence-electron chi connectivity index (χ3n) is 8.46. The summed E-state index contributed by atoms with van der Waals surface area (Å²) < 4.78 is 11.9. The minimum Gasteiger partial charge on any atom is -0.508 e. The maximum atomic E-state index is 9.44. The van der Waals surface area contributed by atoms with Crippen LogP contribution >= 0.6 is 11.8 Å². The topological polar surface area (TPSA) is 38.7 Å². The Hall–Kier alpha value is -4.93. The minimum atomic E-state index is -0.0783. The van der Waals surface area contributed by atoms with E-state index in [4.69, 9.17) is 9.47 Å². The molecule has 1 N–H and O–H groups in total. The molecule has 0 spiro atoms. The second kappa shape index (κ2) is 13.4. The first-order chi connectivity index (χ1) is 22.5. The summed E-state index contributed by atoms with van der Waals surface area (Å²) in [6.07, 6.45) is 0. The highest BCUT2D eigenvalue weighted by Gasteiger charge is 2.24. The van der Waals surface area contributed by atoms with Crippen molar-refractivity contribution in [2.24, 2.45) is 0 Å². The van der Waals surface area contributed by atoms with E-state index in [0.717, 1.165) is 16.4 Å². The molecule has 0 aromatic heterocycles. The first-order valence-electron chi connectivity index (χ1n) is 15.9. The maximum Gasteiger partial charge on any atom is 0.127 e. The predicted molar refractivity (Wildman–Crippen MR) is 194 cm³/mol. The van der Waals surface area contributed by atoms with Crippen molar-refractivity contribution >= 4 is 11.8 Å². The van der Waals surface area contributed by atoms with E-state index in [-0.39, 0.29) is 16.6 Å². The number of phenols is 1. The summed E-state index contributed by atoms with van der Waals surface area (Å²) >= 11 is 1.73. The Kier molecular flexibility index (Phi) is 9.15. The predicted octanol–water partition coefficient (Wildman–Crippen LogP) is 12.4. The van der Waals surface area contributed by atoms with E-state index < -0.39 is 0 Å². The fourth-order valence-electron chi connectivity index (χ4n) is 5.42. The molecule has 0 heterocycles. The van der Waals surface area contributed by atoms with Gasteiger partial charge in [-0.3, -0.25) is 0 Å². The molecule has 0 aliphatic carbocycles. The van der Waals surface area contributed by atoms with Gasteiger partial charge in [-0.1, -0.05) is 107 Å². The Morgan fingerprint density at radius 1 is 0.404 bits per heavy atom. The summed E-state index contributed by atoms with van der Waals surface area (Å²) in [5.41, 5.74) is 6.48. The van der Waals surface area contributed by atoms with Gasteiger partial charge in [-0.2, -0.15) is 0 Å². The van der Waals surface area contributed by atoms with Gasteiger partial charge in [-0.15, -0.1) is 0 Å². The van der Waals surface area contributed by atoms with Gasteiger partial charge in [0.05, 0.1) is 0 Å². The lowest BCUT2D eigenvalue weighted by Crippen LogP contribution is -2.19. The Balaban J connectivity index is 1.04. The van der Waals surface area contributed by atoms with Gasteiger partial charge in [0.1, 0.15) is 28.7 Å². The SMILES string of the molecule is CC(C)(C)c1ccc(C(C)(C)c2ccc(-c3ccc(Sc4ccc(Oc5ccc(Oc6ccc(O)cc6)cc5)cc4)cc3)cc2)cc1. The van der Waals surface area contributed by atoms with E-state index in [1.54, 1.807) is 36.0 Å². The standard InChI is InChI=1S/C43H40O3S/c1-42(2,3)32-12-14-34(15-13-32)43(4,5)33-10-6-30(7-11-33)31-8-26-40(27-9-31)47-41-28-24-39(25-29-41)46-38-22-20-37(21-23-38)45-36-18-16-35(44)17-19-36/h6-29,44H,1-5H3. The van der Waals surface area contributed by atoms with Crippen LogP contribution in [-0.4, -0.2) is 5.11 Å². The number of phenolic OH excluding ortho intramolecular Hbond substituents is 1. The van der Waals surface area contributed by atoms with Gasteiger partial charge in [-0.25, -0.2) is 0 Å². The average molecular weight is 637 g/mol. The minimum absolute atomic E-state index is 0.0783. The molecule has 236 valence electrons. The van der Waals surface area contributed by atoms with Crippen LogP contribution in [0.25, 0.3) is 11.1 Å². The molecule has 3 nitrogen and oxygen atoms in total. The number of hydrogen-bond donors (Lipinski definition) is 1. The Labute approximate surface area is 282 Å². The molecule has 0 radical (unpaired) electrons. The van der Waals surface area contributed by atoms with Crippen LogP contribution < -0.4 is 9.47 Å². The smallest absolute Gasteiger partial charge is 0.127 e. The van der Waals surface area contributed by atoms with Crippen LogP contribution in [0.4, 0.5) is 0 Å². The van der Waals surface area contributed by atoms with Crippen molar-refractivity contribution in [2.45, 2.75) is 55.2 Å². The molecule has 0 atom stereocenters. The van der Waals surface area contributed by atoms with E-state index in [2.05, 4.69) is 120 Å². The highest BCUT2D eigenvalue weighted by molar-refractivity contribution is 7.99. The lowest BCUT2D eigenvalue weighted by molar-refractivity contribution is 0.461. The summed E-state index contributed by atoms with van der Waals surface area (Å²) in [5, 5.41) is 9.44. The normalized spacial score (nSPS) is 11.7. The van der Waals surface area contributed by atoms with Crippen LogP contribution in [0, 0.1) is 0 Å². The number of hydrogen-bond acceptors (Lipinski definition) is 4. The monoisotopic (exact) mass is 636 g/mol. The molecule has 0 saturated carbocycles. The lowest BCUT2D eigenvalue weighted by atomic mass is 9.76. The van der Waals surface area contributed by atoms with Crippen LogP contribution in [0.15, 0.2) is 155 Å². The first kappa shape index (κ1) is 32.0. The van der Waals surface area contributed by atoms with Crippen molar-refractivity contribution in [3.8, 4) is 39.9 Å². The van der Waals surface area contributed by atoms with E-state index in [0.29, 0.717) is 11.5 Å². The maximum absolute atomic E-state index is 9.44.